The number of benzene rings is 1. The van der Waals surface area contributed by atoms with Crippen LogP contribution in [-0.2, 0) is 0 Å². The van der Waals surface area contributed by atoms with Crippen LogP contribution in [-0.4, -0.2) is 47.3 Å². The Morgan fingerprint density at radius 1 is 1.24 bits per heavy atom. The number of pyridine rings is 1. The maximum atomic E-state index is 9.24. The minimum Gasteiger partial charge on any atom is -0.492 e. The Kier molecular flexibility index (Phi) is 5.02. The lowest BCUT2D eigenvalue weighted by atomic mass is 10.1. The maximum absolute atomic E-state index is 9.24. The quantitative estimate of drug-likeness (QED) is 0.684. The minimum absolute atomic E-state index is 0.315. The molecular formula is C18H17N5O2. The van der Waals surface area contributed by atoms with Crippen molar-refractivity contribution in [3.05, 3.63) is 48.2 Å². The molecule has 0 aliphatic heterocycles. The highest BCUT2D eigenvalue weighted by Crippen LogP contribution is 2.26. The van der Waals surface area contributed by atoms with Crippen molar-refractivity contribution < 1.29 is 9.26 Å². The van der Waals surface area contributed by atoms with Gasteiger partial charge in [-0.15, -0.1) is 0 Å². The van der Waals surface area contributed by atoms with Crippen molar-refractivity contribution >= 4 is 0 Å². The molecule has 1 aromatic carbocycles. The van der Waals surface area contributed by atoms with Crippen molar-refractivity contribution in [1.29, 1.82) is 5.26 Å². The standard InChI is InChI=1S/C18H17N5O2/c1-23(2)7-8-24-15-10-13(12-19)9-14(11-15)18-21-17(22-25-18)16-5-3-4-6-20-16/h3-6,9-11H,7-8H2,1-2H3. The van der Waals surface area contributed by atoms with Gasteiger partial charge in [0.05, 0.1) is 11.6 Å². The Labute approximate surface area is 145 Å². The topological polar surface area (TPSA) is 88.1 Å². The molecule has 7 heteroatoms. The van der Waals surface area contributed by atoms with Crippen LogP contribution in [0.5, 0.6) is 5.75 Å². The van der Waals surface area contributed by atoms with E-state index < -0.39 is 0 Å². The lowest BCUT2D eigenvalue weighted by Crippen LogP contribution is -2.19. The molecule has 0 bridgehead atoms. The Bertz CT molecular complexity index is 884. The van der Waals surface area contributed by atoms with E-state index in [1.54, 1.807) is 30.5 Å². The van der Waals surface area contributed by atoms with Gasteiger partial charge < -0.3 is 14.2 Å². The predicted molar refractivity (Wildman–Crippen MR) is 91.7 cm³/mol. The predicted octanol–water partition coefficient (Wildman–Crippen LogP) is 2.61. The smallest absolute Gasteiger partial charge is 0.258 e. The molecule has 0 N–H and O–H groups in total. The number of aromatic nitrogens is 3. The van der Waals surface area contributed by atoms with Crippen LogP contribution in [0.25, 0.3) is 23.0 Å². The van der Waals surface area contributed by atoms with Gasteiger partial charge in [-0.1, -0.05) is 11.2 Å². The Morgan fingerprint density at radius 3 is 2.84 bits per heavy atom. The normalized spacial score (nSPS) is 10.6. The fourth-order valence-electron chi connectivity index (χ4n) is 2.16. The van der Waals surface area contributed by atoms with Crippen molar-refractivity contribution in [2.24, 2.45) is 0 Å². The maximum Gasteiger partial charge on any atom is 0.258 e. The molecule has 0 spiro atoms. The summed E-state index contributed by atoms with van der Waals surface area (Å²) in [5.74, 6) is 1.30. The number of ether oxygens (including phenoxy) is 1. The number of hydrogen-bond donors (Lipinski definition) is 0. The average Bonchev–Trinajstić information content (AvgIpc) is 3.12. The van der Waals surface area contributed by atoms with Crippen molar-refractivity contribution in [2.75, 3.05) is 27.2 Å². The van der Waals surface area contributed by atoms with E-state index >= 15 is 0 Å². The van der Waals surface area contributed by atoms with Gasteiger partial charge in [0.1, 0.15) is 18.1 Å². The summed E-state index contributed by atoms with van der Waals surface area (Å²) >= 11 is 0. The lowest BCUT2D eigenvalue weighted by molar-refractivity contribution is 0.261. The summed E-state index contributed by atoms with van der Waals surface area (Å²) in [5, 5.41) is 13.2. The molecule has 25 heavy (non-hydrogen) atoms. The van der Waals surface area contributed by atoms with Crippen molar-refractivity contribution in [2.45, 2.75) is 0 Å². The van der Waals surface area contributed by atoms with Gasteiger partial charge in [-0.25, -0.2) is 0 Å². The zero-order valence-corrected chi connectivity index (χ0v) is 14.0. The summed E-state index contributed by atoms with van der Waals surface area (Å²) in [5.41, 5.74) is 1.72. The Hall–Kier alpha value is -3.24. The van der Waals surface area contributed by atoms with Gasteiger partial charge in [0.25, 0.3) is 5.89 Å². The van der Waals surface area contributed by atoms with Crippen LogP contribution in [0, 0.1) is 11.3 Å². The van der Waals surface area contributed by atoms with Crippen molar-refractivity contribution in [3.8, 4) is 34.8 Å². The van der Waals surface area contributed by atoms with Crippen LogP contribution in [0.3, 0.4) is 0 Å². The first kappa shape index (κ1) is 16.6. The summed E-state index contributed by atoms with van der Waals surface area (Å²) in [6.45, 7) is 1.29. The minimum atomic E-state index is 0.315. The molecule has 0 radical (unpaired) electrons. The van der Waals surface area contributed by atoms with Gasteiger partial charge in [-0.05, 0) is 44.4 Å². The van der Waals surface area contributed by atoms with Crippen LogP contribution in [0.4, 0.5) is 0 Å². The third-order valence-electron chi connectivity index (χ3n) is 3.41. The monoisotopic (exact) mass is 335 g/mol. The second-order valence-electron chi connectivity index (χ2n) is 5.65. The first-order valence-corrected chi connectivity index (χ1v) is 7.74. The lowest BCUT2D eigenvalue weighted by Gasteiger charge is -2.11. The SMILES string of the molecule is CN(C)CCOc1cc(C#N)cc(-c2nc(-c3ccccn3)no2)c1. The number of nitrogens with zero attached hydrogens (tertiary/aromatic N) is 5. The van der Waals surface area contributed by atoms with E-state index in [-0.39, 0.29) is 0 Å². The van der Waals surface area contributed by atoms with Gasteiger partial charge in [0, 0.05) is 18.3 Å². The van der Waals surface area contributed by atoms with Crippen molar-refractivity contribution in [3.63, 3.8) is 0 Å². The molecule has 0 fully saturated rings. The molecule has 3 aromatic rings. The zero-order valence-electron chi connectivity index (χ0n) is 14.0. The van der Waals surface area contributed by atoms with Crippen LogP contribution < -0.4 is 4.74 Å². The number of likely N-dealkylation sites (N-methyl/N-ethyl adjacent to an activating group) is 1. The van der Waals surface area contributed by atoms with Gasteiger partial charge in [0.15, 0.2) is 0 Å². The molecule has 0 unspecified atom stereocenters. The zero-order chi connectivity index (χ0) is 17.6. The van der Waals surface area contributed by atoms with Crippen LogP contribution in [0.15, 0.2) is 47.1 Å². The second-order valence-corrected chi connectivity index (χ2v) is 5.65. The molecule has 0 amide bonds. The highest BCUT2D eigenvalue weighted by molar-refractivity contribution is 5.61. The number of nitriles is 1. The van der Waals surface area contributed by atoms with E-state index in [0.29, 0.717) is 40.9 Å². The summed E-state index contributed by atoms with van der Waals surface area (Å²) in [7, 11) is 3.94. The van der Waals surface area contributed by atoms with E-state index in [0.717, 1.165) is 6.54 Å². The molecule has 7 nitrogen and oxygen atoms in total. The molecule has 0 aliphatic carbocycles. The first-order valence-electron chi connectivity index (χ1n) is 7.74. The van der Waals surface area contributed by atoms with Crippen LogP contribution in [0.2, 0.25) is 0 Å². The fourth-order valence-corrected chi connectivity index (χ4v) is 2.16. The van der Waals surface area contributed by atoms with E-state index in [1.165, 1.54) is 0 Å². The molecular weight excluding hydrogens is 318 g/mol. The third-order valence-corrected chi connectivity index (χ3v) is 3.41. The first-order chi connectivity index (χ1) is 12.2. The number of hydrogen-bond acceptors (Lipinski definition) is 7. The number of rotatable bonds is 6. The van der Waals surface area contributed by atoms with E-state index in [1.807, 2.05) is 31.1 Å². The van der Waals surface area contributed by atoms with E-state index in [2.05, 4.69) is 21.2 Å². The summed E-state index contributed by atoms with van der Waals surface area (Å²) in [4.78, 5) is 10.6. The Morgan fingerprint density at radius 2 is 2.12 bits per heavy atom. The summed E-state index contributed by atoms with van der Waals surface area (Å²) < 4.78 is 11.0. The van der Waals surface area contributed by atoms with Gasteiger partial charge in [-0.3, -0.25) is 4.98 Å². The molecule has 0 aliphatic rings. The van der Waals surface area contributed by atoms with Gasteiger partial charge in [-0.2, -0.15) is 10.2 Å². The molecule has 126 valence electrons. The highest BCUT2D eigenvalue weighted by Gasteiger charge is 2.13. The summed E-state index contributed by atoms with van der Waals surface area (Å²) in [6, 6.07) is 12.8. The fraction of sp³-hybridized carbons (Fsp3) is 0.222. The van der Waals surface area contributed by atoms with Gasteiger partial charge >= 0.3 is 0 Å². The largest absolute Gasteiger partial charge is 0.492 e. The molecule has 3 rings (SSSR count). The van der Waals surface area contributed by atoms with Crippen LogP contribution >= 0.6 is 0 Å². The molecule has 0 saturated carbocycles. The molecule has 0 saturated heterocycles. The van der Waals surface area contributed by atoms with Crippen molar-refractivity contribution in [1.82, 2.24) is 20.0 Å². The molecule has 2 aromatic heterocycles. The highest BCUT2D eigenvalue weighted by atomic mass is 16.5. The summed E-state index contributed by atoms with van der Waals surface area (Å²) in [6.07, 6.45) is 1.67. The third kappa shape index (κ3) is 4.19. The van der Waals surface area contributed by atoms with Crippen LogP contribution in [0.1, 0.15) is 5.56 Å². The molecule has 2 heterocycles. The van der Waals surface area contributed by atoms with E-state index in [4.69, 9.17) is 9.26 Å². The molecule has 0 atom stereocenters. The van der Waals surface area contributed by atoms with E-state index in [9.17, 15) is 5.26 Å². The Balaban J connectivity index is 1.86. The van der Waals surface area contributed by atoms with Gasteiger partial charge in [0.2, 0.25) is 5.82 Å². The second kappa shape index (κ2) is 7.55. The average molecular weight is 335 g/mol.